The van der Waals surface area contributed by atoms with E-state index < -0.39 is 11.7 Å². The number of pyridine rings is 1. The number of likely N-dealkylation sites (tertiary alicyclic amines) is 1. The summed E-state index contributed by atoms with van der Waals surface area (Å²) in [7, 11) is 0. The van der Waals surface area contributed by atoms with E-state index in [-0.39, 0.29) is 12.2 Å². The molecule has 152 valence electrons. The van der Waals surface area contributed by atoms with Crippen molar-refractivity contribution in [1.82, 2.24) is 15.2 Å². The van der Waals surface area contributed by atoms with Crippen molar-refractivity contribution in [3.8, 4) is 0 Å². The summed E-state index contributed by atoms with van der Waals surface area (Å²) in [4.78, 5) is 13.2. The number of hydrogen-bond acceptors (Lipinski definition) is 5. The lowest BCUT2D eigenvalue weighted by Crippen LogP contribution is -2.51. The average molecular weight is 393 g/mol. The SMILES string of the molecule is CC1CCCN1[C@@H]1N=CC=C(C2CCNCC2)N1c1cc(C(F)(F)F)ccn1. The molecule has 3 aliphatic rings. The number of nitrogens with zero attached hydrogens (tertiary/aromatic N) is 4. The number of anilines is 1. The van der Waals surface area contributed by atoms with Gasteiger partial charge in [0, 0.05) is 36.6 Å². The minimum atomic E-state index is -4.40. The molecule has 0 saturated carbocycles. The van der Waals surface area contributed by atoms with Crippen molar-refractivity contribution in [1.29, 1.82) is 0 Å². The summed E-state index contributed by atoms with van der Waals surface area (Å²) in [5.41, 5.74) is 0.345. The van der Waals surface area contributed by atoms with E-state index in [1.165, 1.54) is 6.20 Å². The Kier molecular flexibility index (Phi) is 5.42. The average Bonchev–Trinajstić information content (AvgIpc) is 3.13. The van der Waals surface area contributed by atoms with Gasteiger partial charge in [-0.3, -0.25) is 14.8 Å². The van der Waals surface area contributed by atoms with Crippen LogP contribution in [0, 0.1) is 5.92 Å². The molecule has 0 radical (unpaired) electrons. The summed E-state index contributed by atoms with van der Waals surface area (Å²) in [5, 5.41) is 3.36. The highest BCUT2D eigenvalue weighted by atomic mass is 19.4. The lowest BCUT2D eigenvalue weighted by atomic mass is 9.92. The van der Waals surface area contributed by atoms with E-state index in [1.807, 2.05) is 17.2 Å². The van der Waals surface area contributed by atoms with Crippen LogP contribution in [0.3, 0.4) is 0 Å². The van der Waals surface area contributed by atoms with E-state index in [2.05, 4.69) is 27.1 Å². The molecule has 28 heavy (non-hydrogen) atoms. The molecule has 4 rings (SSSR count). The van der Waals surface area contributed by atoms with Crippen LogP contribution in [0.1, 0.15) is 38.2 Å². The highest BCUT2D eigenvalue weighted by Crippen LogP contribution is 2.37. The Bertz CT molecular complexity index is 754. The van der Waals surface area contributed by atoms with Crippen molar-refractivity contribution >= 4 is 12.0 Å². The Morgan fingerprint density at radius 3 is 2.64 bits per heavy atom. The van der Waals surface area contributed by atoms with Crippen LogP contribution in [0.2, 0.25) is 0 Å². The van der Waals surface area contributed by atoms with Gasteiger partial charge in [-0.15, -0.1) is 0 Å². The van der Waals surface area contributed by atoms with Gasteiger partial charge in [-0.2, -0.15) is 13.2 Å². The summed E-state index contributed by atoms with van der Waals surface area (Å²) >= 11 is 0. The number of alkyl halides is 3. The van der Waals surface area contributed by atoms with E-state index in [1.54, 1.807) is 0 Å². The number of halogens is 3. The highest BCUT2D eigenvalue weighted by Gasteiger charge is 2.38. The van der Waals surface area contributed by atoms with Gasteiger partial charge >= 0.3 is 6.18 Å². The van der Waals surface area contributed by atoms with Crippen molar-refractivity contribution in [2.45, 2.75) is 51.1 Å². The maximum atomic E-state index is 13.3. The van der Waals surface area contributed by atoms with Crippen LogP contribution in [0.15, 0.2) is 35.1 Å². The van der Waals surface area contributed by atoms with Crippen LogP contribution in [0.4, 0.5) is 19.0 Å². The zero-order chi connectivity index (χ0) is 19.7. The number of piperidine rings is 1. The molecule has 2 atom stereocenters. The van der Waals surface area contributed by atoms with Crippen molar-refractivity contribution in [2.24, 2.45) is 10.9 Å². The lowest BCUT2D eigenvalue weighted by molar-refractivity contribution is -0.137. The van der Waals surface area contributed by atoms with Crippen molar-refractivity contribution in [2.75, 3.05) is 24.5 Å². The quantitative estimate of drug-likeness (QED) is 0.852. The predicted octanol–water partition coefficient (Wildman–Crippen LogP) is 3.64. The monoisotopic (exact) mass is 393 g/mol. The number of aliphatic imine (C=N–C) groups is 1. The van der Waals surface area contributed by atoms with E-state index in [4.69, 9.17) is 0 Å². The van der Waals surface area contributed by atoms with E-state index in [9.17, 15) is 13.2 Å². The molecule has 5 nitrogen and oxygen atoms in total. The van der Waals surface area contributed by atoms with E-state index in [0.29, 0.717) is 11.9 Å². The fourth-order valence-electron chi connectivity index (χ4n) is 4.44. The number of hydrogen-bond donors (Lipinski definition) is 1. The molecule has 4 heterocycles. The second-order valence-electron chi connectivity index (χ2n) is 7.76. The number of aromatic nitrogens is 1. The van der Waals surface area contributed by atoms with Crippen molar-refractivity contribution < 1.29 is 13.2 Å². The fraction of sp³-hybridized carbons (Fsp3) is 0.600. The third kappa shape index (κ3) is 3.80. The summed E-state index contributed by atoms with van der Waals surface area (Å²) in [6, 6.07) is 2.52. The van der Waals surface area contributed by atoms with E-state index >= 15 is 0 Å². The molecule has 1 aromatic heterocycles. The minimum absolute atomic E-state index is 0.282. The lowest BCUT2D eigenvalue weighted by Gasteiger charge is -2.43. The summed E-state index contributed by atoms with van der Waals surface area (Å²) in [6.45, 7) is 4.86. The van der Waals surface area contributed by atoms with Crippen LogP contribution < -0.4 is 10.2 Å². The van der Waals surface area contributed by atoms with E-state index in [0.717, 1.165) is 63.1 Å². The summed E-state index contributed by atoms with van der Waals surface area (Å²) in [5.74, 6) is 0.602. The molecule has 2 saturated heterocycles. The second kappa shape index (κ2) is 7.83. The van der Waals surface area contributed by atoms with Gasteiger partial charge in [0.2, 0.25) is 0 Å². The first-order valence-corrected chi connectivity index (χ1v) is 9.97. The van der Waals surface area contributed by atoms with Gasteiger partial charge in [0.05, 0.1) is 5.56 Å². The van der Waals surface area contributed by atoms with Crippen molar-refractivity contribution in [3.05, 3.63) is 35.7 Å². The largest absolute Gasteiger partial charge is 0.416 e. The van der Waals surface area contributed by atoms with Gasteiger partial charge < -0.3 is 5.32 Å². The number of allylic oxidation sites excluding steroid dienone is 2. The van der Waals surface area contributed by atoms with Gasteiger partial charge in [-0.25, -0.2) is 4.98 Å². The zero-order valence-electron chi connectivity index (χ0n) is 16.0. The van der Waals surface area contributed by atoms with Crippen LogP contribution >= 0.6 is 0 Å². The number of rotatable bonds is 3. The van der Waals surface area contributed by atoms with Crippen LogP contribution in [0.5, 0.6) is 0 Å². The van der Waals surface area contributed by atoms with Gasteiger partial charge in [-0.1, -0.05) is 0 Å². The minimum Gasteiger partial charge on any atom is -0.317 e. The zero-order valence-corrected chi connectivity index (χ0v) is 16.0. The molecule has 0 spiro atoms. The molecule has 0 amide bonds. The van der Waals surface area contributed by atoms with Gasteiger partial charge in [0.25, 0.3) is 0 Å². The summed E-state index contributed by atoms with van der Waals surface area (Å²) in [6.07, 6.45) is 4.34. The second-order valence-corrected chi connectivity index (χ2v) is 7.76. The number of nitrogens with one attached hydrogen (secondary N) is 1. The molecule has 0 aromatic carbocycles. The van der Waals surface area contributed by atoms with Crippen LogP contribution in [0.25, 0.3) is 0 Å². The first-order valence-electron chi connectivity index (χ1n) is 9.97. The Morgan fingerprint density at radius 1 is 1.18 bits per heavy atom. The topological polar surface area (TPSA) is 43.8 Å². The normalized spacial score (nSPS) is 27.3. The maximum absolute atomic E-state index is 13.3. The third-order valence-electron chi connectivity index (χ3n) is 5.95. The first-order chi connectivity index (χ1) is 13.4. The van der Waals surface area contributed by atoms with Gasteiger partial charge in [0.1, 0.15) is 5.82 Å². The standard InChI is InChI=1S/C20H26F3N5/c1-14-3-2-12-27(14)19-26-11-7-17(15-4-8-24-9-5-15)28(19)18-13-16(6-10-25-18)20(21,22)23/h6-7,10-11,13-15,19,24H,2-5,8-9,12H2,1H3/t14?,19-/m0/s1. The molecule has 1 aromatic rings. The summed E-state index contributed by atoms with van der Waals surface area (Å²) < 4.78 is 40.0. The predicted molar refractivity (Wildman–Crippen MR) is 103 cm³/mol. The highest BCUT2D eigenvalue weighted by molar-refractivity contribution is 5.76. The fourth-order valence-corrected chi connectivity index (χ4v) is 4.44. The molecule has 0 bridgehead atoms. The molecular formula is C20H26F3N5. The smallest absolute Gasteiger partial charge is 0.317 e. The molecule has 3 aliphatic heterocycles. The molecule has 8 heteroatoms. The Morgan fingerprint density at radius 2 is 1.96 bits per heavy atom. The maximum Gasteiger partial charge on any atom is 0.416 e. The van der Waals surface area contributed by atoms with Gasteiger partial charge in [0.15, 0.2) is 6.29 Å². The Hall–Kier alpha value is -1.93. The van der Waals surface area contributed by atoms with Crippen LogP contribution in [-0.2, 0) is 6.18 Å². The molecule has 2 fully saturated rings. The molecule has 1 unspecified atom stereocenters. The molecule has 1 N–H and O–H groups in total. The van der Waals surface area contributed by atoms with Crippen molar-refractivity contribution in [3.63, 3.8) is 0 Å². The Balaban J connectivity index is 1.74. The van der Waals surface area contributed by atoms with Crippen LogP contribution in [-0.4, -0.2) is 48.1 Å². The Labute approximate surface area is 163 Å². The van der Waals surface area contributed by atoms with Gasteiger partial charge in [-0.05, 0) is 63.9 Å². The molecular weight excluding hydrogens is 367 g/mol. The first kappa shape index (κ1) is 19.4. The third-order valence-corrected chi connectivity index (χ3v) is 5.95. The molecule has 0 aliphatic carbocycles.